The largest absolute Gasteiger partial charge is 0.381 e. The van der Waals surface area contributed by atoms with E-state index in [0.717, 1.165) is 56.1 Å². The highest BCUT2D eigenvalue weighted by molar-refractivity contribution is 7.98. The lowest BCUT2D eigenvalue weighted by molar-refractivity contribution is -0.120. The molecule has 0 aromatic heterocycles. The zero-order valence-corrected chi connectivity index (χ0v) is 13.7. The van der Waals surface area contributed by atoms with Gasteiger partial charge in [-0.05, 0) is 42.9 Å². The fourth-order valence-electron chi connectivity index (χ4n) is 2.45. The number of rotatable bonds is 9. The third-order valence-electron chi connectivity index (χ3n) is 3.79. The van der Waals surface area contributed by atoms with Crippen molar-refractivity contribution in [1.29, 1.82) is 0 Å². The topological polar surface area (TPSA) is 38.3 Å². The van der Waals surface area contributed by atoms with Crippen molar-refractivity contribution in [2.45, 2.75) is 31.4 Å². The van der Waals surface area contributed by atoms with Gasteiger partial charge in [-0.15, -0.1) is 0 Å². The smallest absolute Gasteiger partial charge is 0.220 e. The quantitative estimate of drug-likeness (QED) is 0.707. The molecule has 5 heteroatoms. The van der Waals surface area contributed by atoms with Gasteiger partial charge in [0.2, 0.25) is 5.91 Å². The van der Waals surface area contributed by atoms with Crippen LogP contribution in [0.25, 0.3) is 0 Å². The summed E-state index contributed by atoms with van der Waals surface area (Å²) in [6, 6.07) is 6.51. The Morgan fingerprint density at radius 1 is 1.36 bits per heavy atom. The molecule has 0 saturated carbocycles. The zero-order chi connectivity index (χ0) is 15.6. The molecule has 0 spiro atoms. The molecule has 1 heterocycles. The van der Waals surface area contributed by atoms with Crippen LogP contribution >= 0.6 is 11.8 Å². The van der Waals surface area contributed by atoms with Crippen LogP contribution in [0.15, 0.2) is 24.3 Å². The van der Waals surface area contributed by atoms with Crippen molar-refractivity contribution in [3.8, 4) is 0 Å². The second-order valence-corrected chi connectivity index (χ2v) is 6.76. The highest BCUT2D eigenvalue weighted by atomic mass is 32.2. The van der Waals surface area contributed by atoms with E-state index in [1.165, 1.54) is 12.1 Å². The van der Waals surface area contributed by atoms with Gasteiger partial charge < -0.3 is 10.1 Å². The standard InChI is InChI=1S/C17H24FNO2S/c18-16-5-3-15(4-6-16)13-22-11-8-17(20)19-9-1-2-14-7-10-21-12-14/h3-6,14H,1-2,7-13H2,(H,19,20)/t14-/m0/s1. The molecular formula is C17H24FNO2S. The lowest BCUT2D eigenvalue weighted by atomic mass is 10.0. The second-order valence-electron chi connectivity index (χ2n) is 5.65. The van der Waals surface area contributed by atoms with Gasteiger partial charge in [0.25, 0.3) is 0 Å². The van der Waals surface area contributed by atoms with E-state index in [4.69, 9.17) is 4.74 Å². The van der Waals surface area contributed by atoms with Crippen LogP contribution in [0.2, 0.25) is 0 Å². The van der Waals surface area contributed by atoms with Gasteiger partial charge >= 0.3 is 0 Å². The normalized spacial score (nSPS) is 17.6. The van der Waals surface area contributed by atoms with Crippen LogP contribution in [-0.4, -0.2) is 31.4 Å². The Kier molecular flexibility index (Phi) is 7.74. The molecule has 1 atom stereocenters. The Bertz CT molecular complexity index is 446. The van der Waals surface area contributed by atoms with Crippen molar-refractivity contribution >= 4 is 17.7 Å². The predicted molar refractivity (Wildman–Crippen MR) is 88.3 cm³/mol. The molecule has 122 valence electrons. The first-order chi connectivity index (χ1) is 10.7. The lowest BCUT2D eigenvalue weighted by Crippen LogP contribution is -2.25. The minimum Gasteiger partial charge on any atom is -0.381 e. The van der Waals surface area contributed by atoms with Gasteiger partial charge in [0.05, 0.1) is 0 Å². The summed E-state index contributed by atoms with van der Waals surface area (Å²) in [5, 5.41) is 2.97. The van der Waals surface area contributed by atoms with Crippen molar-refractivity contribution in [3.63, 3.8) is 0 Å². The maximum atomic E-state index is 12.8. The minimum atomic E-state index is -0.211. The molecule has 0 unspecified atom stereocenters. The van der Waals surface area contributed by atoms with Crippen molar-refractivity contribution < 1.29 is 13.9 Å². The van der Waals surface area contributed by atoms with E-state index >= 15 is 0 Å². The van der Waals surface area contributed by atoms with Crippen LogP contribution in [0.5, 0.6) is 0 Å². The fraction of sp³-hybridized carbons (Fsp3) is 0.588. The SMILES string of the molecule is O=C(CCSCc1ccc(F)cc1)NCCC[C@H]1CCOC1. The van der Waals surface area contributed by atoms with E-state index in [0.29, 0.717) is 12.3 Å². The van der Waals surface area contributed by atoms with Crippen LogP contribution < -0.4 is 5.32 Å². The van der Waals surface area contributed by atoms with Crippen LogP contribution in [0, 0.1) is 11.7 Å². The Labute approximate surface area is 136 Å². The van der Waals surface area contributed by atoms with Crippen molar-refractivity contribution in [2.75, 3.05) is 25.5 Å². The molecule has 1 aliphatic rings. The number of amides is 1. The molecule has 3 nitrogen and oxygen atoms in total. The number of hydrogen-bond acceptors (Lipinski definition) is 3. The molecule has 1 aromatic carbocycles. The fourth-order valence-corrected chi connectivity index (χ4v) is 3.36. The molecule has 0 radical (unpaired) electrons. The molecule has 1 aliphatic heterocycles. The zero-order valence-electron chi connectivity index (χ0n) is 12.9. The van der Waals surface area contributed by atoms with Crippen LogP contribution in [-0.2, 0) is 15.3 Å². The minimum absolute atomic E-state index is 0.120. The Hall–Kier alpha value is -1.07. The van der Waals surface area contributed by atoms with Gasteiger partial charge in [-0.1, -0.05) is 12.1 Å². The lowest BCUT2D eigenvalue weighted by Gasteiger charge is -2.08. The van der Waals surface area contributed by atoms with Crippen molar-refractivity contribution in [3.05, 3.63) is 35.6 Å². The molecular weight excluding hydrogens is 301 g/mol. The molecule has 0 aliphatic carbocycles. The number of benzene rings is 1. The first-order valence-corrected chi connectivity index (χ1v) is 9.06. The van der Waals surface area contributed by atoms with Gasteiger partial charge in [0, 0.05) is 37.7 Å². The number of carbonyl (C=O) groups is 1. The molecule has 2 rings (SSSR count). The molecule has 0 bridgehead atoms. The Morgan fingerprint density at radius 2 is 2.18 bits per heavy atom. The van der Waals surface area contributed by atoms with Gasteiger partial charge in [0.15, 0.2) is 0 Å². The highest BCUT2D eigenvalue weighted by Gasteiger charge is 2.14. The maximum absolute atomic E-state index is 12.8. The van der Waals surface area contributed by atoms with E-state index in [-0.39, 0.29) is 11.7 Å². The molecule has 1 fully saturated rings. The Balaban J connectivity index is 1.46. The number of nitrogens with one attached hydrogen (secondary N) is 1. The summed E-state index contributed by atoms with van der Waals surface area (Å²) < 4.78 is 18.1. The van der Waals surface area contributed by atoms with E-state index in [9.17, 15) is 9.18 Å². The van der Waals surface area contributed by atoms with E-state index in [2.05, 4.69) is 5.32 Å². The van der Waals surface area contributed by atoms with E-state index < -0.39 is 0 Å². The molecule has 22 heavy (non-hydrogen) atoms. The molecule has 1 saturated heterocycles. The van der Waals surface area contributed by atoms with Crippen LogP contribution in [0.1, 0.15) is 31.2 Å². The first kappa shape index (κ1) is 17.3. The number of thioether (sulfide) groups is 1. The number of ether oxygens (including phenoxy) is 1. The summed E-state index contributed by atoms with van der Waals surface area (Å²) >= 11 is 1.70. The van der Waals surface area contributed by atoms with Gasteiger partial charge in [-0.3, -0.25) is 4.79 Å². The van der Waals surface area contributed by atoms with Crippen molar-refractivity contribution in [1.82, 2.24) is 5.32 Å². The number of halogens is 1. The highest BCUT2D eigenvalue weighted by Crippen LogP contribution is 2.17. The summed E-state index contributed by atoms with van der Waals surface area (Å²) in [6.07, 6.45) is 3.87. The number of hydrogen-bond donors (Lipinski definition) is 1. The summed E-state index contributed by atoms with van der Waals surface area (Å²) in [4.78, 5) is 11.7. The van der Waals surface area contributed by atoms with Gasteiger partial charge in [-0.25, -0.2) is 4.39 Å². The predicted octanol–water partition coefficient (Wildman–Crippen LogP) is 3.38. The summed E-state index contributed by atoms with van der Waals surface area (Å²) in [7, 11) is 0. The second kappa shape index (κ2) is 9.85. The van der Waals surface area contributed by atoms with Crippen LogP contribution in [0.3, 0.4) is 0 Å². The first-order valence-electron chi connectivity index (χ1n) is 7.90. The molecule has 1 N–H and O–H groups in total. The Morgan fingerprint density at radius 3 is 2.91 bits per heavy atom. The van der Waals surface area contributed by atoms with Gasteiger partial charge in [0.1, 0.15) is 5.82 Å². The summed E-state index contributed by atoms with van der Waals surface area (Å²) in [5.74, 6) is 2.20. The summed E-state index contributed by atoms with van der Waals surface area (Å²) in [6.45, 7) is 2.54. The molecule has 1 amide bonds. The summed E-state index contributed by atoms with van der Waals surface area (Å²) in [5.41, 5.74) is 1.09. The monoisotopic (exact) mass is 325 g/mol. The average molecular weight is 325 g/mol. The third-order valence-corrected chi connectivity index (χ3v) is 4.82. The average Bonchev–Trinajstić information content (AvgIpc) is 3.03. The van der Waals surface area contributed by atoms with E-state index in [1.54, 1.807) is 23.9 Å². The van der Waals surface area contributed by atoms with Gasteiger partial charge in [-0.2, -0.15) is 11.8 Å². The van der Waals surface area contributed by atoms with Crippen LogP contribution in [0.4, 0.5) is 4.39 Å². The molecule has 1 aromatic rings. The number of carbonyl (C=O) groups excluding carboxylic acids is 1. The third kappa shape index (κ3) is 6.79. The maximum Gasteiger partial charge on any atom is 0.220 e. The van der Waals surface area contributed by atoms with Crippen molar-refractivity contribution in [2.24, 2.45) is 5.92 Å². The van der Waals surface area contributed by atoms with E-state index in [1.807, 2.05) is 0 Å².